The van der Waals surface area contributed by atoms with E-state index in [0.717, 1.165) is 5.92 Å². The van der Waals surface area contributed by atoms with Crippen molar-refractivity contribution in [3.8, 4) is 0 Å². The van der Waals surface area contributed by atoms with Crippen LogP contribution in [0, 0.1) is 24.7 Å². The maximum atomic E-state index is 4.14. The van der Waals surface area contributed by atoms with Crippen molar-refractivity contribution in [3.63, 3.8) is 0 Å². The monoisotopic (exact) mass is 219 g/mol. The molecule has 0 aliphatic rings. The van der Waals surface area contributed by atoms with Crippen LogP contribution in [0.2, 0.25) is 0 Å². The standard InChI is InChI=1S/C10H20Br/c1-7(2)6-10(11)9(5)8(3)4/h7-10H,5-6H2,1-4H3. The van der Waals surface area contributed by atoms with Crippen LogP contribution < -0.4 is 0 Å². The third-order valence-electron chi connectivity index (χ3n) is 2.02. The second kappa shape index (κ2) is 5.18. The topological polar surface area (TPSA) is 0 Å². The van der Waals surface area contributed by atoms with E-state index in [0.29, 0.717) is 16.7 Å². The lowest BCUT2D eigenvalue weighted by molar-refractivity contribution is 0.408. The lowest BCUT2D eigenvalue weighted by Gasteiger charge is -2.22. The number of hydrogen-bond acceptors (Lipinski definition) is 0. The summed E-state index contributed by atoms with van der Waals surface area (Å²) in [7, 11) is 0. The van der Waals surface area contributed by atoms with Crippen molar-refractivity contribution >= 4 is 15.9 Å². The Labute approximate surface area is 79.9 Å². The Morgan fingerprint density at radius 1 is 1.18 bits per heavy atom. The third-order valence-corrected chi connectivity index (χ3v) is 3.07. The van der Waals surface area contributed by atoms with E-state index in [1.54, 1.807) is 0 Å². The summed E-state index contributed by atoms with van der Waals surface area (Å²) in [5.41, 5.74) is 0. The summed E-state index contributed by atoms with van der Waals surface area (Å²) in [6, 6.07) is 0. The minimum atomic E-state index is 0.539. The van der Waals surface area contributed by atoms with Crippen LogP contribution in [-0.4, -0.2) is 4.83 Å². The lowest BCUT2D eigenvalue weighted by atomic mass is 9.90. The minimum absolute atomic E-state index is 0.539. The lowest BCUT2D eigenvalue weighted by Crippen LogP contribution is -2.18. The molecule has 0 saturated carbocycles. The van der Waals surface area contributed by atoms with Gasteiger partial charge in [0.15, 0.2) is 0 Å². The van der Waals surface area contributed by atoms with Crippen molar-refractivity contribution in [1.29, 1.82) is 0 Å². The molecule has 0 aromatic rings. The Morgan fingerprint density at radius 3 is 1.91 bits per heavy atom. The number of halogens is 1. The maximum Gasteiger partial charge on any atom is 0.0178 e. The van der Waals surface area contributed by atoms with Crippen LogP contribution in [0.3, 0.4) is 0 Å². The van der Waals surface area contributed by atoms with Gasteiger partial charge in [0, 0.05) is 4.83 Å². The maximum absolute atomic E-state index is 4.14. The molecular formula is C10H20Br. The van der Waals surface area contributed by atoms with Gasteiger partial charge in [-0.1, -0.05) is 43.6 Å². The molecule has 2 unspecified atom stereocenters. The fourth-order valence-electron chi connectivity index (χ4n) is 1.04. The van der Waals surface area contributed by atoms with E-state index in [1.165, 1.54) is 6.42 Å². The fraction of sp³-hybridized carbons (Fsp3) is 0.900. The minimum Gasteiger partial charge on any atom is -0.0887 e. The molecule has 0 N–H and O–H groups in total. The molecule has 2 atom stereocenters. The highest BCUT2D eigenvalue weighted by molar-refractivity contribution is 9.09. The molecule has 67 valence electrons. The Morgan fingerprint density at radius 2 is 1.64 bits per heavy atom. The van der Waals surface area contributed by atoms with Crippen LogP contribution in [0.15, 0.2) is 0 Å². The molecule has 0 amide bonds. The highest BCUT2D eigenvalue weighted by Gasteiger charge is 2.17. The van der Waals surface area contributed by atoms with Gasteiger partial charge in [-0.05, 0) is 31.1 Å². The summed E-state index contributed by atoms with van der Waals surface area (Å²) in [6.07, 6.45) is 1.23. The van der Waals surface area contributed by atoms with Crippen molar-refractivity contribution in [2.75, 3.05) is 0 Å². The molecule has 0 heterocycles. The average Bonchev–Trinajstić information content (AvgIpc) is 1.84. The molecule has 0 aromatic heterocycles. The van der Waals surface area contributed by atoms with Crippen molar-refractivity contribution in [2.45, 2.75) is 38.9 Å². The molecule has 1 radical (unpaired) electrons. The first-order valence-electron chi connectivity index (χ1n) is 4.42. The molecule has 0 aliphatic heterocycles. The Kier molecular flexibility index (Phi) is 5.41. The average molecular weight is 220 g/mol. The van der Waals surface area contributed by atoms with Crippen LogP contribution in [0.25, 0.3) is 0 Å². The number of rotatable bonds is 4. The molecule has 0 aliphatic carbocycles. The van der Waals surface area contributed by atoms with Crippen molar-refractivity contribution < 1.29 is 0 Å². The summed E-state index contributed by atoms with van der Waals surface area (Å²) < 4.78 is 0. The van der Waals surface area contributed by atoms with Crippen LogP contribution in [-0.2, 0) is 0 Å². The van der Waals surface area contributed by atoms with Crippen molar-refractivity contribution in [3.05, 3.63) is 6.92 Å². The highest BCUT2D eigenvalue weighted by atomic mass is 79.9. The molecule has 0 rings (SSSR count). The molecule has 11 heavy (non-hydrogen) atoms. The normalized spacial score (nSPS) is 17.5. The zero-order chi connectivity index (χ0) is 9.02. The molecule has 0 fully saturated rings. The van der Waals surface area contributed by atoms with E-state index < -0.39 is 0 Å². The van der Waals surface area contributed by atoms with Gasteiger partial charge < -0.3 is 0 Å². The van der Waals surface area contributed by atoms with E-state index in [2.05, 4.69) is 50.5 Å². The third kappa shape index (κ3) is 4.84. The SMILES string of the molecule is [CH2]C(C(C)C)C(Br)CC(C)C. The molecular weight excluding hydrogens is 200 g/mol. The van der Waals surface area contributed by atoms with Gasteiger partial charge in [0.05, 0.1) is 0 Å². The number of hydrogen-bond donors (Lipinski definition) is 0. The first kappa shape index (κ1) is 11.5. The number of alkyl halides is 1. The summed E-state index contributed by atoms with van der Waals surface area (Å²) in [5.74, 6) is 1.98. The smallest absolute Gasteiger partial charge is 0.0178 e. The zero-order valence-electron chi connectivity index (χ0n) is 8.10. The van der Waals surface area contributed by atoms with Crippen molar-refractivity contribution in [2.24, 2.45) is 17.8 Å². The van der Waals surface area contributed by atoms with Gasteiger partial charge in [-0.15, -0.1) is 0 Å². The molecule has 1 heteroatoms. The van der Waals surface area contributed by atoms with Gasteiger partial charge >= 0.3 is 0 Å². The quantitative estimate of drug-likeness (QED) is 0.630. The van der Waals surface area contributed by atoms with Crippen LogP contribution in [0.5, 0.6) is 0 Å². The van der Waals surface area contributed by atoms with E-state index in [4.69, 9.17) is 0 Å². The Bertz CT molecular complexity index is 97.0. The van der Waals surface area contributed by atoms with E-state index in [1.807, 2.05) is 0 Å². The summed E-state index contributed by atoms with van der Waals surface area (Å²) in [4.78, 5) is 0.586. The second-order valence-corrected chi connectivity index (χ2v) is 5.23. The van der Waals surface area contributed by atoms with Gasteiger partial charge in [0.25, 0.3) is 0 Å². The Hall–Kier alpha value is 0.480. The van der Waals surface area contributed by atoms with Gasteiger partial charge in [-0.25, -0.2) is 0 Å². The molecule has 0 spiro atoms. The largest absolute Gasteiger partial charge is 0.0887 e. The van der Waals surface area contributed by atoms with Gasteiger partial charge in [-0.2, -0.15) is 0 Å². The summed E-state index contributed by atoms with van der Waals surface area (Å²) in [6.45, 7) is 13.1. The van der Waals surface area contributed by atoms with E-state index in [-0.39, 0.29) is 0 Å². The van der Waals surface area contributed by atoms with E-state index >= 15 is 0 Å². The molecule has 0 saturated heterocycles. The predicted octanol–water partition coefficient (Wildman–Crippen LogP) is 3.90. The van der Waals surface area contributed by atoms with Gasteiger partial charge in [0.1, 0.15) is 0 Å². The summed E-state index contributed by atoms with van der Waals surface area (Å²) in [5, 5.41) is 0. The van der Waals surface area contributed by atoms with E-state index in [9.17, 15) is 0 Å². The Balaban J connectivity index is 3.73. The highest BCUT2D eigenvalue weighted by Crippen LogP contribution is 2.25. The van der Waals surface area contributed by atoms with Crippen LogP contribution in [0.4, 0.5) is 0 Å². The fourth-order valence-corrected chi connectivity index (χ4v) is 2.40. The first-order valence-corrected chi connectivity index (χ1v) is 5.33. The van der Waals surface area contributed by atoms with Crippen LogP contribution >= 0.6 is 15.9 Å². The second-order valence-electron chi connectivity index (χ2n) is 4.05. The van der Waals surface area contributed by atoms with Gasteiger partial charge in [0.2, 0.25) is 0 Å². The molecule has 0 aromatic carbocycles. The first-order chi connectivity index (χ1) is 4.95. The summed E-state index contributed by atoms with van der Waals surface area (Å²) >= 11 is 3.68. The molecule has 0 bridgehead atoms. The zero-order valence-corrected chi connectivity index (χ0v) is 9.69. The van der Waals surface area contributed by atoms with Crippen molar-refractivity contribution in [1.82, 2.24) is 0 Å². The van der Waals surface area contributed by atoms with Gasteiger partial charge in [-0.3, -0.25) is 0 Å². The molecule has 0 nitrogen and oxygen atoms in total. The van der Waals surface area contributed by atoms with Crippen LogP contribution in [0.1, 0.15) is 34.1 Å². The predicted molar refractivity (Wildman–Crippen MR) is 55.9 cm³/mol.